The van der Waals surface area contributed by atoms with Crippen LogP contribution in [0.5, 0.6) is 0 Å². The fourth-order valence-corrected chi connectivity index (χ4v) is 2.77. The van der Waals surface area contributed by atoms with E-state index in [0.29, 0.717) is 0 Å². The van der Waals surface area contributed by atoms with Gasteiger partial charge in [0, 0.05) is 5.39 Å². The molecule has 0 radical (unpaired) electrons. The molecule has 5 rings (SSSR count). The number of hydrogen-bond acceptors (Lipinski definition) is 1. The van der Waals surface area contributed by atoms with Crippen LogP contribution in [0.25, 0.3) is 27.4 Å². The Morgan fingerprint density at radius 2 is 1.69 bits per heavy atom. The Kier molecular flexibility index (Phi) is 9.14. The summed E-state index contributed by atoms with van der Waals surface area (Å²) < 4.78 is 2.00. The first-order valence-electron chi connectivity index (χ1n) is 7.72. The average Bonchev–Trinajstić information content (AvgIpc) is 3.34. The van der Waals surface area contributed by atoms with Crippen LogP contribution < -0.4 is 24.8 Å². The van der Waals surface area contributed by atoms with Crippen molar-refractivity contribution in [2.45, 2.75) is 6.42 Å². The predicted molar refractivity (Wildman–Crippen MR) is 95.7 cm³/mol. The molecule has 0 atom stereocenters. The topological polar surface area (TPSA) is 17.8 Å². The maximum absolute atomic E-state index is 4.48. The van der Waals surface area contributed by atoms with Gasteiger partial charge in [0.1, 0.15) is 0 Å². The van der Waals surface area contributed by atoms with Gasteiger partial charge in [0.25, 0.3) is 0 Å². The van der Waals surface area contributed by atoms with E-state index >= 15 is 0 Å². The van der Waals surface area contributed by atoms with E-state index in [1.54, 1.807) is 0 Å². The molecule has 0 saturated carbocycles. The second-order valence-corrected chi connectivity index (χ2v) is 5.46. The zero-order valence-electron chi connectivity index (χ0n) is 13.9. The van der Waals surface area contributed by atoms with Crippen molar-refractivity contribution in [3.05, 3.63) is 91.2 Å². The van der Waals surface area contributed by atoms with Gasteiger partial charge in [0.2, 0.25) is 0 Å². The van der Waals surface area contributed by atoms with E-state index in [2.05, 4.69) is 65.8 Å². The average molecular weight is 546 g/mol. The number of fused-ring (bicyclic) bond motifs is 2. The summed E-state index contributed by atoms with van der Waals surface area (Å²) in [6, 6.07) is 21.0. The number of halogens is 2. The van der Waals surface area contributed by atoms with Crippen LogP contribution in [0.15, 0.2) is 85.1 Å². The van der Waals surface area contributed by atoms with E-state index in [4.69, 9.17) is 0 Å². The molecule has 0 fully saturated rings. The zero-order chi connectivity index (χ0) is 15.5. The zero-order valence-corrected chi connectivity index (χ0v) is 19.0. The molecule has 1 aromatic heterocycles. The molecule has 1 aliphatic carbocycles. The molecule has 128 valence electrons. The number of aromatic nitrogens is 2. The molecule has 0 spiro atoms. The van der Waals surface area contributed by atoms with Crippen LogP contribution >= 0.6 is 0 Å². The Balaban J connectivity index is 0.000000372. The van der Waals surface area contributed by atoms with Crippen molar-refractivity contribution in [2.75, 3.05) is 0 Å². The van der Waals surface area contributed by atoms with E-state index < -0.39 is 0 Å². The molecule has 4 aromatic rings. The summed E-state index contributed by atoms with van der Waals surface area (Å²) in [7, 11) is 0. The van der Waals surface area contributed by atoms with Gasteiger partial charge in [0.15, 0.2) is 0 Å². The predicted octanol–water partition coefficient (Wildman–Crippen LogP) is -0.791. The standard InChI is InChI=1S/C16H11N2.C5H5.2ClH.Hf/c1-2-6-13-10-15(9-12(13)5-1)18-16-8-4-3-7-14(16)11-17-18;1-2-4-5-3-1;;;/h1-11H;1-3H,4H2;2*1H;/q2*-1;;;+4/p-2. The summed E-state index contributed by atoms with van der Waals surface area (Å²) in [6.07, 6.45) is 11.9. The SMILES string of the molecule is [C-]1=CC=CC1.[Cl-].[Cl-].[Hf+4].c1ccc2[cH-]c(-n3ncc4ccccc43)cc2c1. The molecular weight excluding hydrogens is 530 g/mol. The van der Waals surface area contributed by atoms with Gasteiger partial charge in [0.05, 0.1) is 11.7 Å². The van der Waals surface area contributed by atoms with Crippen LogP contribution in [0.1, 0.15) is 6.42 Å². The Hall–Kier alpha value is -1.55. The third-order valence-electron chi connectivity index (χ3n) is 3.91. The quantitative estimate of drug-likeness (QED) is 0.227. The molecule has 0 unspecified atom stereocenters. The molecule has 0 saturated heterocycles. The van der Waals surface area contributed by atoms with Crippen molar-refractivity contribution in [3.63, 3.8) is 0 Å². The first-order chi connectivity index (χ1) is 11.4. The first-order valence-corrected chi connectivity index (χ1v) is 7.72. The van der Waals surface area contributed by atoms with Crippen LogP contribution in [-0.2, 0) is 25.8 Å². The van der Waals surface area contributed by atoms with Gasteiger partial charge >= 0.3 is 25.8 Å². The molecule has 26 heavy (non-hydrogen) atoms. The molecule has 5 heteroatoms. The van der Waals surface area contributed by atoms with Gasteiger partial charge in [-0.2, -0.15) is 11.2 Å². The van der Waals surface area contributed by atoms with Crippen molar-refractivity contribution in [1.82, 2.24) is 9.78 Å². The van der Waals surface area contributed by atoms with Crippen LogP contribution in [-0.4, -0.2) is 9.78 Å². The van der Waals surface area contributed by atoms with Crippen LogP contribution in [0, 0.1) is 6.08 Å². The number of allylic oxidation sites excluding steroid dienone is 4. The van der Waals surface area contributed by atoms with E-state index in [-0.39, 0.29) is 50.7 Å². The summed E-state index contributed by atoms with van der Waals surface area (Å²) in [5, 5.41) is 8.16. The summed E-state index contributed by atoms with van der Waals surface area (Å²) in [4.78, 5) is 0. The number of hydrogen-bond donors (Lipinski definition) is 0. The van der Waals surface area contributed by atoms with Crippen molar-refractivity contribution in [3.8, 4) is 5.69 Å². The number of benzene rings is 2. The van der Waals surface area contributed by atoms with Gasteiger partial charge in [-0.15, -0.1) is 47.5 Å². The largest absolute Gasteiger partial charge is 4.00 e. The fourth-order valence-electron chi connectivity index (χ4n) is 2.77. The van der Waals surface area contributed by atoms with Crippen molar-refractivity contribution in [2.24, 2.45) is 0 Å². The molecule has 1 heterocycles. The second-order valence-electron chi connectivity index (χ2n) is 5.46. The van der Waals surface area contributed by atoms with Gasteiger partial charge in [-0.05, 0) is 11.8 Å². The Bertz CT molecular complexity index is 972. The summed E-state index contributed by atoms with van der Waals surface area (Å²) in [5.41, 5.74) is 2.27. The molecule has 1 aliphatic rings. The van der Waals surface area contributed by atoms with Crippen LogP contribution in [0.2, 0.25) is 0 Å². The molecular formula is C21H16Cl2HfN2. The normalized spacial score (nSPS) is 11.2. The minimum absolute atomic E-state index is 0. The van der Waals surface area contributed by atoms with Crippen molar-refractivity contribution >= 4 is 21.7 Å². The first kappa shape index (κ1) is 22.5. The van der Waals surface area contributed by atoms with Crippen LogP contribution in [0.4, 0.5) is 0 Å². The minimum atomic E-state index is 0. The minimum Gasteiger partial charge on any atom is -1.00 e. The Morgan fingerprint density at radius 1 is 0.962 bits per heavy atom. The van der Waals surface area contributed by atoms with E-state index in [1.165, 1.54) is 16.2 Å². The number of para-hydroxylation sites is 1. The Morgan fingerprint density at radius 3 is 2.35 bits per heavy atom. The fraction of sp³-hybridized carbons (Fsp3) is 0.0476. The van der Waals surface area contributed by atoms with Gasteiger partial charge in [-0.25, -0.2) is 12.2 Å². The van der Waals surface area contributed by atoms with E-state index in [9.17, 15) is 0 Å². The summed E-state index contributed by atoms with van der Waals surface area (Å²) >= 11 is 0. The van der Waals surface area contributed by atoms with E-state index in [1.807, 2.05) is 35.2 Å². The molecule has 0 bridgehead atoms. The third-order valence-corrected chi connectivity index (χ3v) is 3.91. The van der Waals surface area contributed by atoms with Crippen molar-refractivity contribution in [1.29, 1.82) is 0 Å². The molecule has 2 nitrogen and oxygen atoms in total. The van der Waals surface area contributed by atoms with E-state index in [0.717, 1.165) is 17.6 Å². The molecule has 3 aromatic carbocycles. The van der Waals surface area contributed by atoms with Gasteiger partial charge < -0.3 is 24.8 Å². The van der Waals surface area contributed by atoms with Gasteiger partial charge in [-0.1, -0.05) is 24.3 Å². The molecule has 0 N–H and O–H groups in total. The molecule has 0 amide bonds. The van der Waals surface area contributed by atoms with Crippen LogP contribution in [0.3, 0.4) is 0 Å². The summed E-state index contributed by atoms with van der Waals surface area (Å²) in [6.45, 7) is 0. The van der Waals surface area contributed by atoms with Gasteiger partial charge in [-0.3, -0.25) is 10.8 Å². The second kappa shape index (κ2) is 10.6. The summed E-state index contributed by atoms with van der Waals surface area (Å²) in [5.74, 6) is 0. The maximum atomic E-state index is 4.48. The third kappa shape index (κ3) is 4.79. The monoisotopic (exact) mass is 546 g/mol. The van der Waals surface area contributed by atoms with Crippen molar-refractivity contribution < 1.29 is 50.7 Å². The number of nitrogens with zero attached hydrogens (tertiary/aromatic N) is 2. The molecule has 0 aliphatic heterocycles. The number of rotatable bonds is 1. The smallest absolute Gasteiger partial charge is 1.00 e. The Labute approximate surface area is 184 Å². The maximum Gasteiger partial charge on any atom is 4.00 e.